The van der Waals surface area contributed by atoms with Crippen molar-refractivity contribution in [2.24, 2.45) is 0 Å². The minimum Gasteiger partial charge on any atom is -0.396 e. The summed E-state index contributed by atoms with van der Waals surface area (Å²) in [5.41, 5.74) is 0.935. The molecule has 96 valence electrons. The molecular weight excluding hydrogens is 237 g/mol. The Morgan fingerprint density at radius 2 is 2.12 bits per heavy atom. The molecule has 1 unspecified atom stereocenters. The molecule has 1 aromatic rings. The maximum atomic E-state index is 13.6. The first-order chi connectivity index (χ1) is 8.08. The zero-order chi connectivity index (χ0) is 12.8. The van der Waals surface area contributed by atoms with Gasteiger partial charge in [0, 0.05) is 23.6 Å². The van der Waals surface area contributed by atoms with Gasteiger partial charge in [-0.2, -0.15) is 0 Å². The lowest BCUT2D eigenvalue weighted by Gasteiger charge is -2.20. The van der Waals surface area contributed by atoms with E-state index in [1.54, 1.807) is 6.07 Å². The Morgan fingerprint density at radius 3 is 2.65 bits per heavy atom. The van der Waals surface area contributed by atoms with Crippen molar-refractivity contribution in [3.63, 3.8) is 0 Å². The van der Waals surface area contributed by atoms with Crippen molar-refractivity contribution < 1.29 is 9.50 Å². The Bertz CT molecular complexity index is 359. The van der Waals surface area contributed by atoms with Crippen molar-refractivity contribution in [3.8, 4) is 0 Å². The Hall–Kier alpha value is -0.580. The van der Waals surface area contributed by atoms with Gasteiger partial charge >= 0.3 is 0 Å². The highest BCUT2D eigenvalue weighted by atomic mass is 32.2. The van der Waals surface area contributed by atoms with Crippen LogP contribution in [-0.2, 0) is 0 Å². The van der Waals surface area contributed by atoms with Crippen LogP contribution in [0.3, 0.4) is 0 Å². The van der Waals surface area contributed by atoms with Crippen molar-refractivity contribution in [1.82, 2.24) is 5.32 Å². The Balaban J connectivity index is 2.69. The predicted molar refractivity (Wildman–Crippen MR) is 70.9 cm³/mol. The molecule has 0 saturated carbocycles. The zero-order valence-corrected chi connectivity index (χ0v) is 11.4. The van der Waals surface area contributed by atoms with Crippen molar-refractivity contribution in [2.45, 2.75) is 37.2 Å². The molecule has 1 aromatic carbocycles. The fourth-order valence-corrected chi connectivity index (χ4v) is 2.21. The third-order valence-electron chi connectivity index (χ3n) is 2.77. The third kappa shape index (κ3) is 4.30. The molecule has 0 spiro atoms. The number of hydrogen-bond donors (Lipinski definition) is 2. The summed E-state index contributed by atoms with van der Waals surface area (Å²) in [7, 11) is 0. The van der Waals surface area contributed by atoms with Crippen LogP contribution >= 0.6 is 11.8 Å². The first-order valence-electron chi connectivity index (χ1n) is 5.78. The summed E-state index contributed by atoms with van der Waals surface area (Å²) in [4.78, 5) is 0.671. The Kier molecular flexibility index (Phi) is 5.95. The Labute approximate surface area is 107 Å². The number of aliphatic hydroxyl groups excluding tert-OH is 1. The summed E-state index contributed by atoms with van der Waals surface area (Å²) in [6, 6.07) is 5.64. The van der Waals surface area contributed by atoms with E-state index in [0.717, 1.165) is 5.56 Å². The molecule has 0 aliphatic carbocycles. The SMILES string of the molecule is CSc1ccc(C(C)N[C@H](C)CCO)cc1F. The molecule has 17 heavy (non-hydrogen) atoms. The van der Waals surface area contributed by atoms with Gasteiger partial charge in [0.05, 0.1) is 0 Å². The molecule has 0 heterocycles. The highest BCUT2D eigenvalue weighted by Crippen LogP contribution is 2.23. The van der Waals surface area contributed by atoms with Crippen LogP contribution in [0.2, 0.25) is 0 Å². The first-order valence-corrected chi connectivity index (χ1v) is 7.01. The van der Waals surface area contributed by atoms with Crippen molar-refractivity contribution >= 4 is 11.8 Å². The normalized spacial score (nSPS) is 14.6. The second-order valence-corrected chi connectivity index (χ2v) is 5.04. The van der Waals surface area contributed by atoms with Gasteiger partial charge < -0.3 is 10.4 Å². The van der Waals surface area contributed by atoms with E-state index in [4.69, 9.17) is 5.11 Å². The highest BCUT2D eigenvalue weighted by molar-refractivity contribution is 7.98. The van der Waals surface area contributed by atoms with Crippen LogP contribution in [0.15, 0.2) is 23.1 Å². The average Bonchev–Trinajstić information content (AvgIpc) is 2.29. The second kappa shape index (κ2) is 6.99. The maximum absolute atomic E-state index is 13.6. The molecule has 0 radical (unpaired) electrons. The summed E-state index contributed by atoms with van der Waals surface area (Å²) in [5.74, 6) is -0.168. The first kappa shape index (κ1) is 14.5. The largest absolute Gasteiger partial charge is 0.396 e. The molecule has 0 aliphatic rings. The van der Waals surface area contributed by atoms with Crippen LogP contribution in [0.25, 0.3) is 0 Å². The lowest BCUT2D eigenvalue weighted by atomic mass is 10.1. The molecule has 4 heteroatoms. The monoisotopic (exact) mass is 257 g/mol. The summed E-state index contributed by atoms with van der Waals surface area (Å²) in [6.45, 7) is 4.18. The number of halogens is 1. The van der Waals surface area contributed by atoms with Crippen LogP contribution in [0, 0.1) is 5.82 Å². The third-order valence-corrected chi connectivity index (χ3v) is 3.54. The fraction of sp³-hybridized carbons (Fsp3) is 0.538. The smallest absolute Gasteiger partial charge is 0.137 e. The molecule has 0 fully saturated rings. The van der Waals surface area contributed by atoms with Gasteiger partial charge in [0.25, 0.3) is 0 Å². The van der Waals surface area contributed by atoms with E-state index in [1.807, 2.05) is 32.2 Å². The van der Waals surface area contributed by atoms with Gasteiger partial charge in [0.15, 0.2) is 0 Å². The molecule has 0 aliphatic heterocycles. The van der Waals surface area contributed by atoms with Crippen molar-refractivity contribution in [3.05, 3.63) is 29.6 Å². The van der Waals surface area contributed by atoms with Crippen LogP contribution in [-0.4, -0.2) is 24.0 Å². The van der Waals surface area contributed by atoms with E-state index in [1.165, 1.54) is 11.8 Å². The van der Waals surface area contributed by atoms with Crippen LogP contribution in [0.4, 0.5) is 4.39 Å². The van der Waals surface area contributed by atoms with Gasteiger partial charge in [0.1, 0.15) is 5.82 Å². The summed E-state index contributed by atoms with van der Waals surface area (Å²) < 4.78 is 13.6. The van der Waals surface area contributed by atoms with Crippen molar-refractivity contribution in [1.29, 1.82) is 0 Å². The lowest BCUT2D eigenvalue weighted by molar-refractivity contribution is 0.264. The second-order valence-electron chi connectivity index (χ2n) is 4.20. The highest BCUT2D eigenvalue weighted by Gasteiger charge is 2.11. The molecule has 2 nitrogen and oxygen atoms in total. The lowest BCUT2D eigenvalue weighted by Crippen LogP contribution is -2.29. The molecule has 0 aromatic heterocycles. The standard InChI is InChI=1S/C13H20FNOS/c1-9(6-7-16)15-10(2)11-4-5-13(17-3)12(14)8-11/h4-5,8-10,15-16H,6-7H2,1-3H3/t9-,10?/m1/s1. The van der Waals surface area contributed by atoms with E-state index in [2.05, 4.69) is 5.32 Å². The van der Waals surface area contributed by atoms with Gasteiger partial charge in [-0.1, -0.05) is 6.07 Å². The number of hydrogen-bond acceptors (Lipinski definition) is 3. The molecule has 2 N–H and O–H groups in total. The van der Waals surface area contributed by atoms with E-state index in [0.29, 0.717) is 11.3 Å². The minimum atomic E-state index is -0.168. The summed E-state index contributed by atoms with van der Waals surface area (Å²) in [5, 5.41) is 12.2. The van der Waals surface area contributed by atoms with Gasteiger partial charge in [-0.15, -0.1) is 11.8 Å². The Morgan fingerprint density at radius 1 is 1.41 bits per heavy atom. The molecule has 1 rings (SSSR count). The van der Waals surface area contributed by atoms with Gasteiger partial charge in [0.2, 0.25) is 0 Å². The maximum Gasteiger partial charge on any atom is 0.137 e. The molecule has 2 atom stereocenters. The summed E-state index contributed by atoms with van der Waals surface area (Å²) >= 11 is 1.41. The predicted octanol–water partition coefficient (Wildman–Crippen LogP) is 2.97. The van der Waals surface area contributed by atoms with Gasteiger partial charge in [-0.3, -0.25) is 0 Å². The quantitative estimate of drug-likeness (QED) is 0.768. The zero-order valence-electron chi connectivity index (χ0n) is 10.5. The van der Waals surface area contributed by atoms with E-state index >= 15 is 0 Å². The van der Waals surface area contributed by atoms with Gasteiger partial charge in [-0.05, 0) is 44.2 Å². The minimum absolute atomic E-state index is 0.0851. The molecule has 0 amide bonds. The number of benzene rings is 1. The van der Waals surface area contributed by atoms with E-state index < -0.39 is 0 Å². The van der Waals surface area contributed by atoms with Crippen LogP contribution in [0.1, 0.15) is 31.9 Å². The number of aliphatic hydroxyl groups is 1. The van der Waals surface area contributed by atoms with E-state index in [-0.39, 0.29) is 24.5 Å². The number of rotatable bonds is 6. The summed E-state index contributed by atoms with van der Waals surface area (Å²) in [6.07, 6.45) is 2.57. The van der Waals surface area contributed by atoms with Crippen molar-refractivity contribution in [2.75, 3.05) is 12.9 Å². The number of nitrogens with one attached hydrogen (secondary N) is 1. The van der Waals surface area contributed by atoms with Crippen LogP contribution in [0.5, 0.6) is 0 Å². The van der Waals surface area contributed by atoms with Crippen LogP contribution < -0.4 is 5.32 Å². The fourth-order valence-electron chi connectivity index (χ4n) is 1.75. The van der Waals surface area contributed by atoms with Gasteiger partial charge in [-0.25, -0.2) is 4.39 Å². The molecule has 0 saturated heterocycles. The topological polar surface area (TPSA) is 32.3 Å². The molecule has 0 bridgehead atoms. The van der Waals surface area contributed by atoms with E-state index in [9.17, 15) is 4.39 Å². The molecular formula is C13H20FNOS. The number of thioether (sulfide) groups is 1. The average molecular weight is 257 g/mol.